The Labute approximate surface area is 101 Å². The van der Waals surface area contributed by atoms with E-state index < -0.39 is 23.5 Å². The molecular weight excluding hydrogens is 224 g/mol. The lowest BCUT2D eigenvalue weighted by molar-refractivity contribution is -0.148. The minimum Gasteiger partial charge on any atom is -0.464 e. The van der Waals surface area contributed by atoms with Gasteiger partial charge in [-0.1, -0.05) is 0 Å². The molecule has 3 atom stereocenters. The SMILES string of the molecule is CCOC(=O)C(N)C(=O)NC1(C)CCOC1C. The summed E-state index contributed by atoms with van der Waals surface area (Å²) in [6, 6.07) is -1.28. The standard InChI is InChI=1S/C11H20N2O4/c1-4-16-10(15)8(12)9(14)13-11(3)5-6-17-7(11)2/h7-8H,4-6,12H2,1-3H3,(H,13,14). The summed E-state index contributed by atoms with van der Waals surface area (Å²) in [7, 11) is 0. The Balaban J connectivity index is 2.56. The number of hydrogen-bond donors (Lipinski definition) is 2. The quantitative estimate of drug-likeness (QED) is 0.517. The number of esters is 1. The van der Waals surface area contributed by atoms with Gasteiger partial charge in [0.15, 0.2) is 6.04 Å². The molecular formula is C11H20N2O4. The molecule has 1 heterocycles. The maximum atomic E-state index is 11.8. The second kappa shape index (κ2) is 5.46. The van der Waals surface area contributed by atoms with Gasteiger partial charge in [0.1, 0.15) is 0 Å². The molecule has 0 radical (unpaired) electrons. The topological polar surface area (TPSA) is 90.7 Å². The zero-order valence-electron chi connectivity index (χ0n) is 10.5. The van der Waals surface area contributed by atoms with E-state index in [1.165, 1.54) is 0 Å². The van der Waals surface area contributed by atoms with Crippen molar-refractivity contribution in [1.82, 2.24) is 5.32 Å². The summed E-state index contributed by atoms with van der Waals surface area (Å²) >= 11 is 0. The van der Waals surface area contributed by atoms with Crippen LogP contribution in [0.3, 0.4) is 0 Å². The number of rotatable bonds is 4. The summed E-state index contributed by atoms with van der Waals surface area (Å²) in [5, 5.41) is 2.75. The molecule has 1 aliphatic heterocycles. The zero-order chi connectivity index (χ0) is 13.1. The van der Waals surface area contributed by atoms with Crippen molar-refractivity contribution >= 4 is 11.9 Å². The summed E-state index contributed by atoms with van der Waals surface area (Å²) in [6.45, 7) is 6.21. The maximum absolute atomic E-state index is 11.8. The van der Waals surface area contributed by atoms with E-state index in [0.29, 0.717) is 13.0 Å². The number of amides is 1. The summed E-state index contributed by atoms with van der Waals surface area (Å²) in [4.78, 5) is 23.1. The molecule has 3 unspecified atom stereocenters. The number of carbonyl (C=O) groups excluding carboxylic acids is 2. The Hall–Kier alpha value is -1.14. The molecule has 0 aromatic rings. The third kappa shape index (κ3) is 3.17. The first-order valence-corrected chi connectivity index (χ1v) is 5.76. The first-order valence-electron chi connectivity index (χ1n) is 5.76. The van der Waals surface area contributed by atoms with Crippen LogP contribution in [0, 0.1) is 0 Å². The molecule has 6 nitrogen and oxygen atoms in total. The van der Waals surface area contributed by atoms with E-state index in [0.717, 1.165) is 0 Å². The van der Waals surface area contributed by atoms with Crippen LogP contribution in [-0.4, -0.2) is 42.8 Å². The van der Waals surface area contributed by atoms with E-state index in [1.54, 1.807) is 6.92 Å². The first-order chi connectivity index (χ1) is 7.90. The first kappa shape index (κ1) is 13.9. The van der Waals surface area contributed by atoms with E-state index in [2.05, 4.69) is 5.32 Å². The Morgan fingerprint density at radius 2 is 2.29 bits per heavy atom. The number of nitrogens with one attached hydrogen (secondary N) is 1. The molecule has 0 aromatic heterocycles. The van der Waals surface area contributed by atoms with E-state index in [9.17, 15) is 9.59 Å². The van der Waals surface area contributed by atoms with Crippen molar-refractivity contribution in [3.8, 4) is 0 Å². The monoisotopic (exact) mass is 244 g/mol. The van der Waals surface area contributed by atoms with Crippen LogP contribution in [0.5, 0.6) is 0 Å². The van der Waals surface area contributed by atoms with Gasteiger partial charge >= 0.3 is 5.97 Å². The molecule has 1 amide bonds. The van der Waals surface area contributed by atoms with E-state index in [1.807, 2.05) is 13.8 Å². The number of carbonyl (C=O) groups is 2. The average Bonchev–Trinajstić information content (AvgIpc) is 2.58. The molecule has 98 valence electrons. The minimum atomic E-state index is -1.28. The lowest BCUT2D eigenvalue weighted by Gasteiger charge is -2.29. The van der Waals surface area contributed by atoms with Crippen molar-refractivity contribution in [2.24, 2.45) is 5.73 Å². The highest BCUT2D eigenvalue weighted by Crippen LogP contribution is 2.24. The van der Waals surface area contributed by atoms with Gasteiger partial charge in [-0.3, -0.25) is 4.79 Å². The molecule has 1 saturated heterocycles. The molecule has 1 rings (SSSR count). The molecule has 0 spiro atoms. The third-order valence-corrected chi connectivity index (χ3v) is 3.12. The van der Waals surface area contributed by atoms with Crippen molar-refractivity contribution in [3.05, 3.63) is 0 Å². The van der Waals surface area contributed by atoms with Crippen LogP contribution in [0.4, 0.5) is 0 Å². The van der Waals surface area contributed by atoms with Crippen LogP contribution in [0.1, 0.15) is 27.2 Å². The molecule has 1 aliphatic rings. The summed E-state index contributed by atoms with van der Waals surface area (Å²) < 4.78 is 10.1. The lowest BCUT2D eigenvalue weighted by Crippen LogP contribution is -2.57. The van der Waals surface area contributed by atoms with Crippen molar-refractivity contribution < 1.29 is 19.1 Å². The van der Waals surface area contributed by atoms with Crippen molar-refractivity contribution in [2.75, 3.05) is 13.2 Å². The average molecular weight is 244 g/mol. The third-order valence-electron chi connectivity index (χ3n) is 3.12. The highest BCUT2D eigenvalue weighted by molar-refractivity contribution is 6.01. The van der Waals surface area contributed by atoms with E-state index in [-0.39, 0.29) is 12.7 Å². The van der Waals surface area contributed by atoms with Crippen LogP contribution in [0.25, 0.3) is 0 Å². The summed E-state index contributed by atoms with van der Waals surface area (Å²) in [5.74, 6) is -1.23. The van der Waals surface area contributed by atoms with E-state index >= 15 is 0 Å². The van der Waals surface area contributed by atoms with Gasteiger partial charge in [-0.05, 0) is 27.2 Å². The largest absolute Gasteiger partial charge is 0.464 e. The van der Waals surface area contributed by atoms with Crippen LogP contribution >= 0.6 is 0 Å². The predicted octanol–water partition coefficient (Wildman–Crippen LogP) is -0.439. The van der Waals surface area contributed by atoms with Gasteiger partial charge in [0.2, 0.25) is 5.91 Å². The second-order valence-electron chi connectivity index (χ2n) is 4.40. The van der Waals surface area contributed by atoms with Crippen molar-refractivity contribution in [2.45, 2.75) is 44.9 Å². The summed E-state index contributed by atoms with van der Waals surface area (Å²) in [6.07, 6.45) is 0.607. The smallest absolute Gasteiger partial charge is 0.332 e. The Kier molecular flexibility index (Phi) is 4.47. The molecule has 3 N–H and O–H groups in total. The minimum absolute atomic E-state index is 0.0964. The van der Waals surface area contributed by atoms with Gasteiger partial charge < -0.3 is 20.5 Å². The summed E-state index contributed by atoms with van der Waals surface area (Å²) in [5.41, 5.74) is 5.03. The predicted molar refractivity (Wildman–Crippen MR) is 61.2 cm³/mol. The normalized spacial score (nSPS) is 29.8. The number of nitrogens with two attached hydrogens (primary N) is 1. The van der Waals surface area contributed by atoms with Gasteiger partial charge in [0, 0.05) is 6.61 Å². The fourth-order valence-electron chi connectivity index (χ4n) is 1.70. The Morgan fingerprint density at radius 3 is 2.76 bits per heavy atom. The molecule has 0 aromatic carbocycles. The maximum Gasteiger partial charge on any atom is 0.332 e. The zero-order valence-corrected chi connectivity index (χ0v) is 10.5. The second-order valence-corrected chi connectivity index (χ2v) is 4.40. The molecule has 6 heteroatoms. The molecule has 1 fully saturated rings. The number of hydrogen-bond acceptors (Lipinski definition) is 5. The van der Waals surface area contributed by atoms with Crippen molar-refractivity contribution in [3.63, 3.8) is 0 Å². The highest BCUT2D eigenvalue weighted by atomic mass is 16.5. The fourth-order valence-corrected chi connectivity index (χ4v) is 1.70. The van der Waals surface area contributed by atoms with Gasteiger partial charge in [-0.25, -0.2) is 4.79 Å². The molecule has 0 saturated carbocycles. The van der Waals surface area contributed by atoms with Crippen LogP contribution < -0.4 is 11.1 Å². The van der Waals surface area contributed by atoms with Crippen molar-refractivity contribution in [1.29, 1.82) is 0 Å². The Bertz CT molecular complexity index is 308. The molecule has 17 heavy (non-hydrogen) atoms. The van der Waals surface area contributed by atoms with Gasteiger partial charge in [-0.15, -0.1) is 0 Å². The number of ether oxygens (including phenoxy) is 2. The molecule has 0 bridgehead atoms. The highest BCUT2D eigenvalue weighted by Gasteiger charge is 2.40. The van der Waals surface area contributed by atoms with Gasteiger partial charge in [-0.2, -0.15) is 0 Å². The van der Waals surface area contributed by atoms with Gasteiger partial charge in [0.25, 0.3) is 0 Å². The van der Waals surface area contributed by atoms with E-state index in [4.69, 9.17) is 15.2 Å². The van der Waals surface area contributed by atoms with Crippen LogP contribution in [-0.2, 0) is 19.1 Å². The van der Waals surface area contributed by atoms with Crippen LogP contribution in [0.2, 0.25) is 0 Å². The fraction of sp³-hybridized carbons (Fsp3) is 0.818. The van der Waals surface area contributed by atoms with Gasteiger partial charge in [0.05, 0.1) is 18.2 Å². The Morgan fingerprint density at radius 1 is 1.65 bits per heavy atom. The van der Waals surface area contributed by atoms with Crippen LogP contribution in [0.15, 0.2) is 0 Å². The molecule has 0 aliphatic carbocycles. The lowest BCUT2D eigenvalue weighted by atomic mass is 9.94.